The molecule has 0 aliphatic carbocycles. The van der Waals surface area contributed by atoms with Gasteiger partial charge in [0.05, 0.1) is 6.04 Å². The fraction of sp³-hybridized carbons (Fsp3) is 0.429. The highest BCUT2D eigenvalue weighted by Crippen LogP contribution is 2.14. The van der Waals surface area contributed by atoms with Gasteiger partial charge in [0.2, 0.25) is 5.91 Å². The van der Waals surface area contributed by atoms with Crippen LogP contribution in [0.1, 0.15) is 12.5 Å². The van der Waals surface area contributed by atoms with Gasteiger partial charge in [-0.05, 0) is 31.7 Å². The summed E-state index contributed by atoms with van der Waals surface area (Å²) in [6.45, 7) is 3.36. The van der Waals surface area contributed by atoms with Crippen molar-refractivity contribution in [1.82, 2.24) is 15.1 Å². The zero-order valence-electron chi connectivity index (χ0n) is 11.6. The molecule has 20 heavy (non-hydrogen) atoms. The highest BCUT2D eigenvalue weighted by molar-refractivity contribution is 6.30. The minimum atomic E-state index is -0.363. The van der Waals surface area contributed by atoms with Crippen LogP contribution in [0.4, 0.5) is 4.79 Å². The van der Waals surface area contributed by atoms with Crippen LogP contribution in [0.2, 0.25) is 5.02 Å². The molecule has 108 valence electrons. The number of rotatable bonds is 4. The number of nitrogens with one attached hydrogen (secondary N) is 1. The zero-order chi connectivity index (χ0) is 14.7. The molecule has 1 aliphatic heterocycles. The number of halogens is 1. The maximum atomic E-state index is 12.3. The van der Waals surface area contributed by atoms with E-state index in [4.69, 9.17) is 11.6 Å². The molecule has 0 bridgehead atoms. The topological polar surface area (TPSA) is 52.7 Å². The Hall–Kier alpha value is -1.59. The van der Waals surface area contributed by atoms with Crippen molar-refractivity contribution in [2.45, 2.75) is 19.5 Å². The number of nitrogens with zero attached hydrogens (tertiary/aromatic N) is 2. The van der Waals surface area contributed by atoms with Crippen molar-refractivity contribution < 1.29 is 9.59 Å². The van der Waals surface area contributed by atoms with Gasteiger partial charge in [-0.2, -0.15) is 0 Å². The monoisotopic (exact) mass is 295 g/mol. The Kier molecular flexibility index (Phi) is 4.62. The molecule has 0 saturated carbocycles. The van der Waals surface area contributed by atoms with Crippen molar-refractivity contribution in [3.63, 3.8) is 0 Å². The molecule has 0 aromatic heterocycles. The minimum absolute atomic E-state index is 0.176. The van der Waals surface area contributed by atoms with E-state index >= 15 is 0 Å². The van der Waals surface area contributed by atoms with Crippen molar-refractivity contribution in [2.24, 2.45) is 0 Å². The summed E-state index contributed by atoms with van der Waals surface area (Å²) in [7, 11) is 1.86. The van der Waals surface area contributed by atoms with Crippen molar-refractivity contribution in [1.29, 1.82) is 0 Å². The van der Waals surface area contributed by atoms with Crippen LogP contribution in [0.25, 0.3) is 0 Å². The van der Waals surface area contributed by atoms with Crippen LogP contribution in [0.3, 0.4) is 0 Å². The average Bonchev–Trinajstić information content (AvgIpc) is 2.83. The standard InChI is InChI=1S/C14H18ClN3O2/c1-10(13(19)18-7-6-16-14(18)20)17(2)9-11-4-3-5-12(15)8-11/h3-5,8,10H,6-7,9H2,1-2H3,(H,16,20)/t10-/m1/s1. The van der Waals surface area contributed by atoms with Gasteiger partial charge in [-0.1, -0.05) is 23.7 Å². The number of hydrogen-bond acceptors (Lipinski definition) is 3. The smallest absolute Gasteiger partial charge is 0.324 e. The van der Waals surface area contributed by atoms with E-state index in [-0.39, 0.29) is 18.0 Å². The molecule has 5 nitrogen and oxygen atoms in total. The Morgan fingerprint density at radius 3 is 2.90 bits per heavy atom. The molecule has 1 fully saturated rings. The van der Waals surface area contributed by atoms with Crippen LogP contribution >= 0.6 is 11.6 Å². The Morgan fingerprint density at radius 1 is 1.55 bits per heavy atom. The first-order valence-corrected chi connectivity index (χ1v) is 6.90. The van der Waals surface area contributed by atoms with E-state index in [1.165, 1.54) is 4.90 Å². The summed E-state index contributed by atoms with van der Waals surface area (Å²) < 4.78 is 0. The second-order valence-electron chi connectivity index (χ2n) is 4.94. The quantitative estimate of drug-likeness (QED) is 0.920. The number of likely N-dealkylation sites (N-methyl/N-ethyl adjacent to an activating group) is 1. The van der Waals surface area contributed by atoms with E-state index in [0.717, 1.165) is 5.56 Å². The molecule has 0 unspecified atom stereocenters. The van der Waals surface area contributed by atoms with E-state index in [9.17, 15) is 9.59 Å². The number of carbonyl (C=O) groups is 2. The molecule has 2 rings (SSSR count). The van der Waals surface area contributed by atoms with Crippen molar-refractivity contribution in [3.8, 4) is 0 Å². The van der Waals surface area contributed by atoms with Crippen molar-refractivity contribution in [2.75, 3.05) is 20.1 Å². The molecule has 1 saturated heterocycles. The van der Waals surface area contributed by atoms with Gasteiger partial charge in [-0.15, -0.1) is 0 Å². The Balaban J connectivity index is 1.99. The van der Waals surface area contributed by atoms with Crippen LogP contribution in [-0.4, -0.2) is 47.9 Å². The normalized spacial score (nSPS) is 16.4. The predicted octanol–water partition coefficient (Wildman–Crippen LogP) is 1.71. The molecule has 1 atom stereocenters. The lowest BCUT2D eigenvalue weighted by atomic mass is 10.2. The molecule has 1 aliphatic rings. The van der Waals surface area contributed by atoms with Gasteiger partial charge in [0.1, 0.15) is 0 Å². The van der Waals surface area contributed by atoms with E-state index in [2.05, 4.69) is 5.32 Å². The molecule has 1 N–H and O–H groups in total. The van der Waals surface area contributed by atoms with Crippen molar-refractivity contribution >= 4 is 23.5 Å². The van der Waals surface area contributed by atoms with Crippen LogP contribution in [-0.2, 0) is 11.3 Å². The van der Waals surface area contributed by atoms with Gasteiger partial charge in [0, 0.05) is 24.7 Å². The first kappa shape index (κ1) is 14.8. The highest BCUT2D eigenvalue weighted by atomic mass is 35.5. The molecule has 6 heteroatoms. The number of imide groups is 1. The van der Waals surface area contributed by atoms with E-state index in [1.807, 2.05) is 36.2 Å². The Labute approximate surface area is 123 Å². The lowest BCUT2D eigenvalue weighted by molar-refractivity contribution is -0.132. The highest BCUT2D eigenvalue weighted by Gasteiger charge is 2.31. The first-order chi connectivity index (χ1) is 9.49. The van der Waals surface area contributed by atoms with Gasteiger partial charge < -0.3 is 5.32 Å². The second-order valence-corrected chi connectivity index (χ2v) is 5.38. The summed E-state index contributed by atoms with van der Waals surface area (Å²) in [4.78, 5) is 26.9. The third kappa shape index (κ3) is 3.29. The third-order valence-electron chi connectivity index (χ3n) is 3.46. The average molecular weight is 296 g/mol. The van der Waals surface area contributed by atoms with Gasteiger partial charge in [-0.3, -0.25) is 14.6 Å². The van der Waals surface area contributed by atoms with Gasteiger partial charge in [-0.25, -0.2) is 4.79 Å². The zero-order valence-corrected chi connectivity index (χ0v) is 12.4. The summed E-state index contributed by atoms with van der Waals surface area (Å²) in [5, 5.41) is 3.31. The summed E-state index contributed by atoms with van der Waals surface area (Å²) in [6.07, 6.45) is 0. The summed E-state index contributed by atoms with van der Waals surface area (Å²) in [5.41, 5.74) is 1.03. The number of carbonyl (C=O) groups excluding carboxylic acids is 2. The number of urea groups is 1. The maximum absolute atomic E-state index is 12.3. The van der Waals surface area contributed by atoms with Crippen LogP contribution < -0.4 is 5.32 Å². The fourth-order valence-corrected chi connectivity index (χ4v) is 2.37. The van der Waals surface area contributed by atoms with Crippen molar-refractivity contribution in [3.05, 3.63) is 34.9 Å². The first-order valence-electron chi connectivity index (χ1n) is 6.53. The van der Waals surface area contributed by atoms with Crippen LogP contribution in [0.15, 0.2) is 24.3 Å². The third-order valence-corrected chi connectivity index (χ3v) is 3.70. The van der Waals surface area contributed by atoms with Crippen LogP contribution in [0, 0.1) is 0 Å². The number of benzene rings is 1. The largest absolute Gasteiger partial charge is 0.336 e. The molecular weight excluding hydrogens is 278 g/mol. The molecule has 3 amide bonds. The molecular formula is C14H18ClN3O2. The van der Waals surface area contributed by atoms with Gasteiger partial charge >= 0.3 is 6.03 Å². The van der Waals surface area contributed by atoms with Gasteiger partial charge in [0.15, 0.2) is 0 Å². The molecule has 1 aromatic rings. The molecule has 0 spiro atoms. The summed E-state index contributed by atoms with van der Waals surface area (Å²) in [5.74, 6) is -0.176. The predicted molar refractivity (Wildman–Crippen MR) is 77.5 cm³/mol. The van der Waals surface area contributed by atoms with E-state index in [0.29, 0.717) is 24.7 Å². The lowest BCUT2D eigenvalue weighted by Gasteiger charge is -2.26. The Morgan fingerprint density at radius 2 is 2.30 bits per heavy atom. The summed E-state index contributed by atoms with van der Waals surface area (Å²) >= 11 is 5.95. The van der Waals surface area contributed by atoms with E-state index in [1.54, 1.807) is 6.92 Å². The lowest BCUT2D eigenvalue weighted by Crippen LogP contribution is -2.46. The number of amides is 3. The van der Waals surface area contributed by atoms with Gasteiger partial charge in [0.25, 0.3) is 0 Å². The van der Waals surface area contributed by atoms with Crippen LogP contribution in [0.5, 0.6) is 0 Å². The SMILES string of the molecule is C[C@H](C(=O)N1CCNC1=O)N(C)Cc1cccc(Cl)c1. The molecule has 1 heterocycles. The molecule has 0 radical (unpaired) electrons. The van der Waals surface area contributed by atoms with E-state index < -0.39 is 0 Å². The maximum Gasteiger partial charge on any atom is 0.324 e. The molecule has 1 aromatic carbocycles. The summed E-state index contributed by atoms with van der Waals surface area (Å²) in [6, 6.07) is 6.86. The fourth-order valence-electron chi connectivity index (χ4n) is 2.16. The number of hydrogen-bond donors (Lipinski definition) is 1. The second kappa shape index (κ2) is 6.24. The Bertz CT molecular complexity index is 521. The minimum Gasteiger partial charge on any atom is -0.336 e.